The Balaban J connectivity index is 1.35. The minimum Gasteiger partial charge on any atom is -0.378 e. The van der Waals surface area contributed by atoms with Gasteiger partial charge in [0.25, 0.3) is 0 Å². The van der Waals surface area contributed by atoms with Gasteiger partial charge in [0.15, 0.2) is 10.3 Å². The maximum absolute atomic E-state index is 5.41. The van der Waals surface area contributed by atoms with E-state index >= 15 is 0 Å². The average molecular weight is 348 g/mol. The number of aryl methyl sites for hydroxylation is 1. The number of aliphatic imine (C=N–C) groups is 1. The monoisotopic (exact) mass is 348 g/mol. The zero-order chi connectivity index (χ0) is 15.6. The van der Waals surface area contributed by atoms with E-state index in [2.05, 4.69) is 34.7 Å². The van der Waals surface area contributed by atoms with Crippen LogP contribution >= 0.6 is 23.5 Å². The highest BCUT2D eigenvalue weighted by molar-refractivity contribution is 8.15. The molecule has 1 atom stereocenters. The van der Waals surface area contributed by atoms with Crippen LogP contribution in [0.1, 0.15) is 0 Å². The molecule has 1 fully saturated rings. The first kappa shape index (κ1) is 15.4. The maximum atomic E-state index is 5.41. The van der Waals surface area contributed by atoms with Crippen molar-refractivity contribution < 1.29 is 4.74 Å². The molecule has 0 N–H and O–H groups in total. The summed E-state index contributed by atoms with van der Waals surface area (Å²) in [5.41, 5.74) is 2.26. The molecule has 1 unspecified atom stereocenters. The van der Waals surface area contributed by atoms with Crippen LogP contribution in [0.25, 0.3) is 11.0 Å². The highest BCUT2D eigenvalue weighted by Crippen LogP contribution is 2.30. The van der Waals surface area contributed by atoms with Crippen molar-refractivity contribution in [1.29, 1.82) is 0 Å². The number of ether oxygens (including phenoxy) is 1. The normalized spacial score (nSPS) is 21.9. The number of imidazole rings is 1. The number of nitrogens with zero attached hydrogens (tertiary/aromatic N) is 4. The lowest BCUT2D eigenvalue weighted by atomic mass is 10.3. The zero-order valence-electron chi connectivity index (χ0n) is 13.1. The Kier molecular flexibility index (Phi) is 4.50. The molecule has 122 valence electrons. The topological polar surface area (TPSA) is 42.7 Å². The first-order valence-electron chi connectivity index (χ1n) is 7.89. The molecule has 0 spiro atoms. The van der Waals surface area contributed by atoms with Crippen LogP contribution < -0.4 is 0 Å². The van der Waals surface area contributed by atoms with Gasteiger partial charge in [0.05, 0.1) is 30.8 Å². The van der Waals surface area contributed by atoms with Crippen LogP contribution in [0.3, 0.4) is 0 Å². The first-order chi connectivity index (χ1) is 11.3. The second kappa shape index (κ2) is 6.75. The molecule has 2 aromatic rings. The van der Waals surface area contributed by atoms with Crippen LogP contribution in [0.15, 0.2) is 34.4 Å². The third kappa shape index (κ3) is 3.22. The average Bonchev–Trinajstić information content (AvgIpc) is 3.19. The lowest BCUT2D eigenvalue weighted by Crippen LogP contribution is -2.39. The summed E-state index contributed by atoms with van der Waals surface area (Å²) in [5.74, 6) is 1.04. The quantitative estimate of drug-likeness (QED) is 0.797. The zero-order valence-corrected chi connectivity index (χ0v) is 14.8. The summed E-state index contributed by atoms with van der Waals surface area (Å²) in [7, 11) is 2.09. The van der Waals surface area contributed by atoms with Gasteiger partial charge in [0, 0.05) is 31.1 Å². The second-order valence-corrected chi connectivity index (χ2v) is 7.97. The number of rotatable bonds is 3. The Morgan fingerprint density at radius 3 is 2.96 bits per heavy atom. The van der Waals surface area contributed by atoms with Gasteiger partial charge in [-0.05, 0) is 12.1 Å². The summed E-state index contributed by atoms with van der Waals surface area (Å²) < 4.78 is 7.60. The van der Waals surface area contributed by atoms with E-state index in [4.69, 9.17) is 14.7 Å². The van der Waals surface area contributed by atoms with Crippen LogP contribution in [-0.2, 0) is 11.8 Å². The number of hydrogen-bond donors (Lipinski definition) is 0. The highest BCUT2D eigenvalue weighted by Gasteiger charge is 2.25. The number of fused-ring (bicyclic) bond motifs is 1. The van der Waals surface area contributed by atoms with Gasteiger partial charge in [0.1, 0.15) is 0 Å². The van der Waals surface area contributed by atoms with Crippen molar-refractivity contribution in [2.45, 2.75) is 10.4 Å². The third-order valence-corrected chi connectivity index (χ3v) is 6.78. The van der Waals surface area contributed by atoms with Gasteiger partial charge in [-0.25, -0.2) is 4.98 Å². The minimum atomic E-state index is 0.539. The molecule has 2 aliphatic rings. The summed E-state index contributed by atoms with van der Waals surface area (Å²) in [5, 5.41) is 2.83. The molecular formula is C16H20N4OS2. The van der Waals surface area contributed by atoms with Crippen LogP contribution in [0, 0.1) is 0 Å². The van der Waals surface area contributed by atoms with E-state index in [9.17, 15) is 0 Å². The van der Waals surface area contributed by atoms with Gasteiger partial charge in [-0.3, -0.25) is 4.99 Å². The summed E-state index contributed by atoms with van der Waals surface area (Å²) >= 11 is 3.74. The molecule has 0 saturated carbocycles. The van der Waals surface area contributed by atoms with Crippen molar-refractivity contribution in [2.75, 3.05) is 38.6 Å². The number of thioether (sulfide) groups is 2. The smallest absolute Gasteiger partial charge is 0.168 e. The van der Waals surface area contributed by atoms with Crippen LogP contribution in [-0.4, -0.2) is 63.5 Å². The highest BCUT2D eigenvalue weighted by atomic mass is 32.2. The molecule has 2 aliphatic heterocycles. The fourth-order valence-electron chi connectivity index (χ4n) is 2.84. The molecule has 7 heteroatoms. The predicted molar refractivity (Wildman–Crippen MR) is 97.5 cm³/mol. The van der Waals surface area contributed by atoms with Gasteiger partial charge < -0.3 is 14.2 Å². The molecule has 1 aromatic heterocycles. The minimum absolute atomic E-state index is 0.539. The third-order valence-electron chi connectivity index (χ3n) is 4.13. The standard InChI is InChI=1S/C16H20N4OS2/c1-19-14-5-3-2-4-13(14)18-16(19)22-11-12-10-17-15(23-12)20-6-8-21-9-7-20/h2-5,12H,6-11H2,1H3. The molecule has 23 heavy (non-hydrogen) atoms. The fourth-order valence-corrected chi connectivity index (χ4v) is 5.14. The van der Waals surface area contributed by atoms with Gasteiger partial charge in [-0.1, -0.05) is 35.7 Å². The van der Waals surface area contributed by atoms with Crippen molar-refractivity contribution in [3.63, 3.8) is 0 Å². The molecule has 0 bridgehead atoms. The van der Waals surface area contributed by atoms with Gasteiger partial charge >= 0.3 is 0 Å². The van der Waals surface area contributed by atoms with E-state index in [0.29, 0.717) is 5.25 Å². The number of para-hydroxylation sites is 2. The Labute approximate surface area is 144 Å². The molecule has 3 heterocycles. The SMILES string of the molecule is Cn1c(SCC2CN=C(N3CCOCC3)S2)nc2ccccc21. The van der Waals surface area contributed by atoms with Crippen molar-refractivity contribution >= 4 is 39.7 Å². The van der Waals surface area contributed by atoms with Crippen molar-refractivity contribution in [1.82, 2.24) is 14.5 Å². The lowest BCUT2D eigenvalue weighted by molar-refractivity contribution is 0.0693. The van der Waals surface area contributed by atoms with Crippen molar-refractivity contribution in [3.05, 3.63) is 24.3 Å². The van der Waals surface area contributed by atoms with E-state index < -0.39 is 0 Å². The lowest BCUT2D eigenvalue weighted by Gasteiger charge is -2.28. The van der Waals surface area contributed by atoms with Crippen LogP contribution in [0.5, 0.6) is 0 Å². The molecule has 0 aliphatic carbocycles. The molecule has 0 amide bonds. The summed E-state index contributed by atoms with van der Waals surface area (Å²) in [6.45, 7) is 4.49. The molecule has 4 rings (SSSR count). The van der Waals surface area contributed by atoms with Crippen molar-refractivity contribution in [2.24, 2.45) is 12.0 Å². The van der Waals surface area contributed by atoms with Gasteiger partial charge in [-0.15, -0.1) is 0 Å². The van der Waals surface area contributed by atoms with Gasteiger partial charge in [-0.2, -0.15) is 0 Å². The predicted octanol–water partition coefficient (Wildman–Crippen LogP) is 2.47. The van der Waals surface area contributed by atoms with Crippen LogP contribution in [0.2, 0.25) is 0 Å². The maximum Gasteiger partial charge on any atom is 0.168 e. The fraction of sp³-hybridized carbons (Fsp3) is 0.500. The summed E-state index contributed by atoms with van der Waals surface area (Å²) in [6, 6.07) is 8.30. The number of hydrogen-bond acceptors (Lipinski definition) is 6. The van der Waals surface area contributed by atoms with E-state index in [-0.39, 0.29) is 0 Å². The molecular weight excluding hydrogens is 328 g/mol. The second-order valence-electron chi connectivity index (χ2n) is 5.72. The Morgan fingerprint density at radius 1 is 1.30 bits per heavy atom. The van der Waals surface area contributed by atoms with E-state index in [0.717, 1.165) is 49.3 Å². The first-order valence-corrected chi connectivity index (χ1v) is 9.76. The number of aromatic nitrogens is 2. The van der Waals surface area contributed by atoms with E-state index in [1.54, 1.807) is 0 Å². The van der Waals surface area contributed by atoms with E-state index in [1.165, 1.54) is 10.7 Å². The number of amidine groups is 1. The Morgan fingerprint density at radius 2 is 2.13 bits per heavy atom. The van der Waals surface area contributed by atoms with E-state index in [1.807, 2.05) is 29.6 Å². The van der Waals surface area contributed by atoms with Crippen LogP contribution in [0.4, 0.5) is 0 Å². The largest absolute Gasteiger partial charge is 0.378 e. The number of morpholine rings is 1. The Bertz CT molecular complexity index is 724. The molecule has 0 radical (unpaired) electrons. The van der Waals surface area contributed by atoms with Crippen molar-refractivity contribution in [3.8, 4) is 0 Å². The molecule has 1 saturated heterocycles. The number of benzene rings is 1. The summed E-state index contributed by atoms with van der Waals surface area (Å²) in [4.78, 5) is 11.8. The summed E-state index contributed by atoms with van der Waals surface area (Å²) in [6.07, 6.45) is 0. The molecule has 5 nitrogen and oxygen atoms in total. The van der Waals surface area contributed by atoms with Gasteiger partial charge in [0.2, 0.25) is 0 Å². The Hall–Kier alpha value is -1.18. The molecule has 1 aromatic carbocycles.